The topological polar surface area (TPSA) is 138 Å². The first-order chi connectivity index (χ1) is 22.3. The van der Waals surface area contributed by atoms with Gasteiger partial charge in [-0.2, -0.15) is 21.0 Å². The summed E-state index contributed by atoms with van der Waals surface area (Å²) in [6, 6.07) is 32.0. The Hall–Kier alpha value is -6.22. The number of nitrogens with one attached hydrogen (secondary N) is 2. The van der Waals surface area contributed by atoms with Crippen LogP contribution in [0.4, 0.5) is 0 Å². The largest absolute Gasteiger partial charge is 0.489 e. The number of ether oxygens (including phenoxy) is 2. The van der Waals surface area contributed by atoms with Crippen LogP contribution in [0.5, 0.6) is 11.5 Å². The van der Waals surface area contributed by atoms with E-state index in [4.69, 9.17) is 9.47 Å². The van der Waals surface area contributed by atoms with Crippen molar-refractivity contribution in [3.05, 3.63) is 140 Å². The van der Waals surface area contributed by atoms with Crippen molar-refractivity contribution in [2.24, 2.45) is 0 Å². The molecule has 2 N–H and O–H groups in total. The van der Waals surface area contributed by atoms with Crippen molar-refractivity contribution in [3.63, 3.8) is 0 Å². The van der Waals surface area contributed by atoms with Gasteiger partial charge in [0.25, 0.3) is 0 Å². The highest BCUT2D eigenvalue weighted by Gasteiger charge is 2.32. The van der Waals surface area contributed by atoms with Crippen LogP contribution in [-0.4, -0.2) is 0 Å². The molecular weight excluding hydrogens is 572 g/mol. The molecule has 46 heavy (non-hydrogen) atoms. The zero-order valence-electron chi connectivity index (χ0n) is 26.1. The fraction of sp³-hybridized carbons (Fsp3) is 0.211. The molecule has 0 saturated carbocycles. The average Bonchev–Trinajstić information content (AvgIpc) is 3.06. The molecule has 0 radical (unpaired) electrons. The van der Waals surface area contributed by atoms with E-state index in [1.807, 2.05) is 100 Å². The summed E-state index contributed by atoms with van der Waals surface area (Å²) in [5, 5.41) is 46.1. The Kier molecular flexibility index (Phi) is 9.23. The zero-order chi connectivity index (χ0) is 32.8. The summed E-state index contributed by atoms with van der Waals surface area (Å²) >= 11 is 0. The second-order valence-electron chi connectivity index (χ2n) is 11.2. The SMILES string of the molecule is CC1=C(C#N)C(c2ccccc2OCc2cccc(COc3ccccc3C3C(C#N)=C(C)NC(C)=C3C#N)c2)C(C#N)=C(C)N1. The van der Waals surface area contributed by atoms with Crippen molar-refractivity contribution in [1.82, 2.24) is 10.6 Å². The third-order valence-corrected chi connectivity index (χ3v) is 8.24. The van der Waals surface area contributed by atoms with Gasteiger partial charge >= 0.3 is 0 Å². The lowest BCUT2D eigenvalue weighted by atomic mass is 9.81. The lowest BCUT2D eigenvalue weighted by Gasteiger charge is -2.27. The van der Waals surface area contributed by atoms with E-state index in [0.29, 0.717) is 33.8 Å². The molecule has 0 bridgehead atoms. The van der Waals surface area contributed by atoms with E-state index in [2.05, 4.69) is 34.9 Å². The number of hydrogen-bond donors (Lipinski definition) is 2. The van der Waals surface area contributed by atoms with E-state index in [1.54, 1.807) is 0 Å². The van der Waals surface area contributed by atoms with Crippen LogP contribution in [0.15, 0.2) is 118 Å². The van der Waals surface area contributed by atoms with E-state index < -0.39 is 11.8 Å². The molecule has 226 valence electrons. The molecule has 0 amide bonds. The second kappa shape index (κ2) is 13.6. The minimum absolute atomic E-state index is 0.266. The molecular formula is C38H32N6O2. The van der Waals surface area contributed by atoms with Gasteiger partial charge in [-0.05, 0) is 57.0 Å². The van der Waals surface area contributed by atoms with Crippen molar-refractivity contribution < 1.29 is 9.47 Å². The maximum atomic E-state index is 9.95. The first kappa shape index (κ1) is 31.2. The molecule has 0 aliphatic carbocycles. The summed E-state index contributed by atoms with van der Waals surface area (Å²) in [6.45, 7) is 7.89. The zero-order valence-corrected chi connectivity index (χ0v) is 26.1. The summed E-state index contributed by atoms with van der Waals surface area (Å²) in [5.41, 5.74) is 8.19. The summed E-state index contributed by atoms with van der Waals surface area (Å²) in [4.78, 5) is 0. The highest BCUT2D eigenvalue weighted by atomic mass is 16.5. The van der Waals surface area contributed by atoms with Crippen molar-refractivity contribution in [1.29, 1.82) is 21.0 Å². The van der Waals surface area contributed by atoms with Crippen LogP contribution < -0.4 is 20.1 Å². The number of nitrogens with zero attached hydrogens (tertiary/aromatic N) is 4. The summed E-state index contributed by atoms with van der Waals surface area (Å²) in [6.07, 6.45) is 0. The summed E-state index contributed by atoms with van der Waals surface area (Å²) < 4.78 is 12.6. The Morgan fingerprint density at radius 1 is 0.522 bits per heavy atom. The monoisotopic (exact) mass is 604 g/mol. The fourth-order valence-electron chi connectivity index (χ4n) is 6.03. The molecule has 0 atom stereocenters. The average molecular weight is 605 g/mol. The summed E-state index contributed by atoms with van der Waals surface area (Å²) in [5.74, 6) is 0.155. The molecule has 0 unspecified atom stereocenters. The van der Waals surface area contributed by atoms with Crippen LogP contribution in [0.1, 0.15) is 61.8 Å². The van der Waals surface area contributed by atoms with Crippen LogP contribution in [0.2, 0.25) is 0 Å². The first-order valence-corrected chi connectivity index (χ1v) is 14.8. The van der Waals surface area contributed by atoms with Crippen LogP contribution in [0.25, 0.3) is 0 Å². The molecule has 5 rings (SSSR count). The van der Waals surface area contributed by atoms with Gasteiger partial charge in [0.15, 0.2) is 0 Å². The quantitative estimate of drug-likeness (QED) is 0.271. The van der Waals surface area contributed by atoms with Gasteiger partial charge in [0.05, 0.1) is 58.4 Å². The Labute approximate surface area is 269 Å². The summed E-state index contributed by atoms with van der Waals surface area (Å²) in [7, 11) is 0. The molecule has 8 heteroatoms. The smallest absolute Gasteiger partial charge is 0.124 e. The van der Waals surface area contributed by atoms with E-state index in [9.17, 15) is 21.0 Å². The first-order valence-electron chi connectivity index (χ1n) is 14.8. The van der Waals surface area contributed by atoms with Crippen LogP contribution in [0, 0.1) is 45.3 Å². The molecule has 0 aromatic heterocycles. The maximum Gasteiger partial charge on any atom is 0.124 e. The Morgan fingerprint density at radius 3 is 1.22 bits per heavy atom. The van der Waals surface area contributed by atoms with Gasteiger partial charge in [0, 0.05) is 33.9 Å². The Balaban J connectivity index is 1.36. The van der Waals surface area contributed by atoms with Crippen LogP contribution in [0.3, 0.4) is 0 Å². The molecule has 3 aromatic carbocycles. The van der Waals surface area contributed by atoms with Crippen molar-refractivity contribution in [2.75, 3.05) is 0 Å². The Morgan fingerprint density at radius 2 is 0.870 bits per heavy atom. The molecule has 0 fully saturated rings. The molecule has 8 nitrogen and oxygen atoms in total. The van der Waals surface area contributed by atoms with Crippen LogP contribution >= 0.6 is 0 Å². The standard InChI is InChI=1S/C38H32N6O2/c1-23-31(17-39)37(32(18-40)24(2)43-23)29-12-5-7-14-35(29)45-21-27-10-9-11-28(16-27)22-46-36-15-8-6-13-30(36)38-33(19-41)25(3)44-26(4)34(38)20-42/h5-16,37-38,43-44H,21-22H2,1-4H3. The van der Waals surface area contributed by atoms with Gasteiger partial charge < -0.3 is 20.1 Å². The second-order valence-corrected chi connectivity index (χ2v) is 11.2. The van der Waals surface area contributed by atoms with Gasteiger partial charge in [0.2, 0.25) is 0 Å². The van der Waals surface area contributed by atoms with Crippen molar-refractivity contribution >= 4 is 0 Å². The highest BCUT2D eigenvalue weighted by Crippen LogP contribution is 2.42. The number of rotatable bonds is 8. The number of nitriles is 4. The van der Waals surface area contributed by atoms with Crippen LogP contribution in [-0.2, 0) is 13.2 Å². The lowest BCUT2D eigenvalue weighted by molar-refractivity contribution is 0.296. The van der Waals surface area contributed by atoms with Gasteiger partial charge in [-0.15, -0.1) is 0 Å². The van der Waals surface area contributed by atoms with Crippen molar-refractivity contribution in [3.8, 4) is 35.8 Å². The Bertz CT molecular complexity index is 1790. The molecule has 2 aliphatic rings. The molecule has 2 aliphatic heterocycles. The van der Waals surface area contributed by atoms with Gasteiger partial charge in [0.1, 0.15) is 24.7 Å². The molecule has 3 aromatic rings. The number of para-hydroxylation sites is 2. The number of hydrogen-bond acceptors (Lipinski definition) is 8. The number of benzene rings is 3. The third-order valence-electron chi connectivity index (χ3n) is 8.24. The minimum atomic E-state index is -0.521. The van der Waals surface area contributed by atoms with E-state index in [1.165, 1.54) is 0 Å². The fourth-order valence-corrected chi connectivity index (χ4v) is 6.03. The van der Waals surface area contributed by atoms with Crippen molar-refractivity contribution in [2.45, 2.75) is 52.7 Å². The number of allylic oxidation sites excluding steroid dienone is 8. The van der Waals surface area contributed by atoms with E-state index in [0.717, 1.165) is 45.0 Å². The third kappa shape index (κ3) is 6.07. The van der Waals surface area contributed by atoms with Gasteiger partial charge in [-0.25, -0.2) is 0 Å². The number of dihydropyridines is 2. The lowest BCUT2D eigenvalue weighted by Crippen LogP contribution is -2.23. The van der Waals surface area contributed by atoms with Gasteiger partial charge in [-0.3, -0.25) is 0 Å². The predicted molar refractivity (Wildman–Crippen MR) is 173 cm³/mol. The maximum absolute atomic E-state index is 9.95. The van der Waals surface area contributed by atoms with E-state index >= 15 is 0 Å². The van der Waals surface area contributed by atoms with E-state index in [-0.39, 0.29) is 13.2 Å². The minimum Gasteiger partial charge on any atom is -0.489 e. The molecule has 0 saturated heterocycles. The van der Waals surface area contributed by atoms with Gasteiger partial charge in [-0.1, -0.05) is 54.6 Å². The highest BCUT2D eigenvalue weighted by molar-refractivity contribution is 5.59. The predicted octanol–water partition coefficient (Wildman–Crippen LogP) is 7.41. The molecule has 0 spiro atoms. The molecule has 2 heterocycles. The normalized spacial score (nSPS) is 15.3.